The lowest BCUT2D eigenvalue weighted by atomic mass is 10.0. The van der Waals surface area contributed by atoms with E-state index in [2.05, 4.69) is 15.2 Å². The molecule has 5 nitrogen and oxygen atoms in total. The first kappa shape index (κ1) is 17.1. The van der Waals surface area contributed by atoms with Gasteiger partial charge in [0, 0.05) is 30.6 Å². The van der Waals surface area contributed by atoms with E-state index in [0.717, 1.165) is 36.0 Å². The SMILES string of the molecule is O=C(N[C@@H]1CCN(Cc2cscn2)C[C@H]1O)c1ccc2ccccc2c1. The van der Waals surface area contributed by atoms with Gasteiger partial charge in [-0.25, -0.2) is 4.98 Å². The molecule has 26 heavy (non-hydrogen) atoms. The number of piperidine rings is 1. The number of aromatic nitrogens is 1. The Labute approximate surface area is 156 Å². The minimum absolute atomic E-state index is 0.132. The van der Waals surface area contributed by atoms with Crippen molar-refractivity contribution in [1.29, 1.82) is 0 Å². The average Bonchev–Trinajstić information content (AvgIpc) is 3.16. The number of rotatable bonds is 4. The van der Waals surface area contributed by atoms with Crippen LogP contribution in [0.2, 0.25) is 0 Å². The molecule has 0 unspecified atom stereocenters. The van der Waals surface area contributed by atoms with Crippen molar-refractivity contribution in [3.8, 4) is 0 Å². The number of aliphatic hydroxyl groups is 1. The summed E-state index contributed by atoms with van der Waals surface area (Å²) < 4.78 is 0. The molecule has 1 fully saturated rings. The maximum absolute atomic E-state index is 12.6. The van der Waals surface area contributed by atoms with E-state index in [-0.39, 0.29) is 11.9 Å². The first-order valence-corrected chi connectivity index (χ1v) is 9.70. The number of hydrogen-bond acceptors (Lipinski definition) is 5. The van der Waals surface area contributed by atoms with Gasteiger partial charge in [-0.15, -0.1) is 11.3 Å². The molecule has 0 saturated carbocycles. The minimum Gasteiger partial charge on any atom is -0.390 e. The van der Waals surface area contributed by atoms with Crippen LogP contribution in [0.3, 0.4) is 0 Å². The predicted octanol–water partition coefficient (Wildman–Crippen LogP) is 2.66. The number of benzene rings is 2. The van der Waals surface area contributed by atoms with E-state index in [4.69, 9.17) is 0 Å². The van der Waals surface area contributed by atoms with Gasteiger partial charge in [-0.1, -0.05) is 30.3 Å². The Balaban J connectivity index is 1.38. The van der Waals surface area contributed by atoms with Gasteiger partial charge in [-0.2, -0.15) is 0 Å². The van der Waals surface area contributed by atoms with Crippen LogP contribution in [-0.4, -0.2) is 46.1 Å². The quantitative estimate of drug-likeness (QED) is 0.744. The van der Waals surface area contributed by atoms with Crippen molar-refractivity contribution in [3.05, 3.63) is 64.6 Å². The molecule has 1 aliphatic heterocycles. The zero-order valence-corrected chi connectivity index (χ0v) is 15.2. The third-order valence-corrected chi connectivity index (χ3v) is 5.50. The van der Waals surface area contributed by atoms with E-state index in [0.29, 0.717) is 12.1 Å². The van der Waals surface area contributed by atoms with Crippen LogP contribution in [0.1, 0.15) is 22.5 Å². The monoisotopic (exact) mass is 367 g/mol. The van der Waals surface area contributed by atoms with Gasteiger partial charge in [-0.3, -0.25) is 9.69 Å². The van der Waals surface area contributed by atoms with Crippen LogP contribution in [0.4, 0.5) is 0 Å². The van der Waals surface area contributed by atoms with Crippen molar-refractivity contribution in [2.24, 2.45) is 0 Å². The largest absolute Gasteiger partial charge is 0.390 e. The summed E-state index contributed by atoms with van der Waals surface area (Å²) >= 11 is 1.58. The summed E-state index contributed by atoms with van der Waals surface area (Å²) in [6.07, 6.45) is 0.150. The van der Waals surface area contributed by atoms with Crippen molar-refractivity contribution in [2.45, 2.75) is 25.1 Å². The van der Waals surface area contributed by atoms with Crippen LogP contribution in [0, 0.1) is 0 Å². The van der Waals surface area contributed by atoms with Crippen molar-refractivity contribution < 1.29 is 9.90 Å². The van der Waals surface area contributed by atoms with Crippen molar-refractivity contribution >= 4 is 28.0 Å². The van der Waals surface area contributed by atoms with Crippen LogP contribution >= 0.6 is 11.3 Å². The predicted molar refractivity (Wildman–Crippen MR) is 103 cm³/mol. The van der Waals surface area contributed by atoms with Gasteiger partial charge in [0.2, 0.25) is 0 Å². The van der Waals surface area contributed by atoms with E-state index in [1.807, 2.05) is 53.4 Å². The van der Waals surface area contributed by atoms with Gasteiger partial charge >= 0.3 is 0 Å². The molecule has 1 amide bonds. The summed E-state index contributed by atoms with van der Waals surface area (Å²) in [6, 6.07) is 13.4. The molecule has 4 rings (SSSR count). The molecule has 2 aromatic carbocycles. The van der Waals surface area contributed by atoms with E-state index in [1.54, 1.807) is 11.3 Å². The Morgan fingerprint density at radius 3 is 2.88 bits per heavy atom. The molecular formula is C20H21N3O2S. The number of thiazole rings is 1. The number of carbonyl (C=O) groups is 1. The first-order valence-electron chi connectivity index (χ1n) is 8.76. The fourth-order valence-corrected chi connectivity index (χ4v) is 3.99. The molecule has 0 spiro atoms. The second kappa shape index (κ2) is 7.53. The van der Waals surface area contributed by atoms with Gasteiger partial charge in [0.1, 0.15) is 0 Å². The third kappa shape index (κ3) is 3.77. The summed E-state index contributed by atoms with van der Waals surface area (Å²) in [7, 11) is 0. The van der Waals surface area contributed by atoms with Crippen LogP contribution in [0.25, 0.3) is 10.8 Å². The Morgan fingerprint density at radius 1 is 1.27 bits per heavy atom. The van der Waals surface area contributed by atoms with Crippen LogP contribution < -0.4 is 5.32 Å². The molecule has 0 radical (unpaired) electrons. The highest BCUT2D eigenvalue weighted by atomic mass is 32.1. The molecule has 2 atom stereocenters. The topological polar surface area (TPSA) is 65.5 Å². The molecule has 1 aliphatic rings. The van der Waals surface area contributed by atoms with E-state index >= 15 is 0 Å². The van der Waals surface area contributed by atoms with Crippen LogP contribution in [-0.2, 0) is 6.54 Å². The smallest absolute Gasteiger partial charge is 0.251 e. The van der Waals surface area contributed by atoms with Crippen molar-refractivity contribution in [2.75, 3.05) is 13.1 Å². The van der Waals surface area contributed by atoms with Gasteiger partial charge in [0.05, 0.1) is 23.4 Å². The number of likely N-dealkylation sites (tertiary alicyclic amines) is 1. The Morgan fingerprint density at radius 2 is 2.12 bits per heavy atom. The van der Waals surface area contributed by atoms with Crippen LogP contribution in [0.15, 0.2) is 53.4 Å². The molecule has 6 heteroatoms. The fraction of sp³-hybridized carbons (Fsp3) is 0.300. The van der Waals surface area contributed by atoms with E-state index in [9.17, 15) is 9.90 Å². The molecular weight excluding hydrogens is 346 g/mol. The lowest BCUT2D eigenvalue weighted by Crippen LogP contribution is -2.53. The maximum Gasteiger partial charge on any atom is 0.251 e. The number of aliphatic hydroxyl groups excluding tert-OH is 1. The number of amides is 1. The van der Waals surface area contributed by atoms with E-state index in [1.165, 1.54) is 0 Å². The number of hydrogen-bond donors (Lipinski definition) is 2. The van der Waals surface area contributed by atoms with E-state index < -0.39 is 6.10 Å². The zero-order chi connectivity index (χ0) is 17.9. The lowest BCUT2D eigenvalue weighted by Gasteiger charge is -2.35. The first-order chi connectivity index (χ1) is 12.7. The number of fused-ring (bicyclic) bond motifs is 1. The number of β-amino-alcohol motifs (C(OH)–C–C–N with tert-alkyl or cyclic N) is 1. The maximum atomic E-state index is 12.6. The number of carbonyl (C=O) groups excluding carboxylic acids is 1. The Bertz CT molecular complexity index is 897. The standard InChI is InChI=1S/C20H21N3O2S/c24-19-11-23(10-17-12-26-13-21-17)8-7-18(19)22-20(25)16-6-5-14-3-1-2-4-15(14)9-16/h1-6,9,12-13,18-19,24H,7-8,10-11H2,(H,22,25)/t18-,19-/m1/s1. The van der Waals surface area contributed by atoms with Gasteiger partial charge in [-0.05, 0) is 29.3 Å². The molecule has 2 heterocycles. The average molecular weight is 367 g/mol. The van der Waals surface area contributed by atoms with Crippen molar-refractivity contribution in [3.63, 3.8) is 0 Å². The highest BCUT2D eigenvalue weighted by Gasteiger charge is 2.29. The second-order valence-electron chi connectivity index (χ2n) is 6.71. The summed E-state index contributed by atoms with van der Waals surface area (Å²) in [6.45, 7) is 2.11. The highest BCUT2D eigenvalue weighted by molar-refractivity contribution is 7.07. The molecule has 0 bridgehead atoms. The normalized spacial score (nSPS) is 21.0. The molecule has 134 valence electrons. The third-order valence-electron chi connectivity index (χ3n) is 4.86. The molecule has 3 aromatic rings. The number of nitrogens with zero attached hydrogens (tertiary/aromatic N) is 2. The fourth-order valence-electron chi connectivity index (χ4n) is 3.44. The molecule has 2 N–H and O–H groups in total. The Kier molecular flexibility index (Phi) is 4.97. The van der Waals surface area contributed by atoms with Crippen molar-refractivity contribution in [1.82, 2.24) is 15.2 Å². The van der Waals surface area contributed by atoms with Gasteiger partial charge in [0.15, 0.2) is 0 Å². The van der Waals surface area contributed by atoms with Crippen LogP contribution in [0.5, 0.6) is 0 Å². The highest BCUT2D eigenvalue weighted by Crippen LogP contribution is 2.18. The summed E-state index contributed by atoms with van der Waals surface area (Å²) in [5.74, 6) is -0.132. The lowest BCUT2D eigenvalue weighted by molar-refractivity contribution is 0.0346. The second-order valence-corrected chi connectivity index (χ2v) is 7.43. The zero-order valence-electron chi connectivity index (χ0n) is 14.3. The summed E-state index contributed by atoms with van der Waals surface area (Å²) in [4.78, 5) is 19.1. The molecule has 1 aromatic heterocycles. The van der Waals surface area contributed by atoms with Gasteiger partial charge < -0.3 is 10.4 Å². The molecule has 0 aliphatic carbocycles. The number of nitrogens with one attached hydrogen (secondary N) is 1. The minimum atomic E-state index is -0.577. The van der Waals surface area contributed by atoms with Gasteiger partial charge in [0.25, 0.3) is 5.91 Å². The summed E-state index contributed by atoms with van der Waals surface area (Å²) in [5.41, 5.74) is 3.48. The summed E-state index contributed by atoms with van der Waals surface area (Å²) in [5, 5.41) is 17.6. The Hall–Kier alpha value is -2.28. The molecule has 1 saturated heterocycles.